The lowest BCUT2D eigenvalue weighted by atomic mass is 9.99. The van der Waals surface area contributed by atoms with Crippen molar-refractivity contribution in [1.29, 1.82) is 0 Å². The molecule has 6 N–H and O–H groups in total. The molecular formula is C13H18N2O5. The summed E-state index contributed by atoms with van der Waals surface area (Å²) in [5.41, 5.74) is 5.21. The number of carbonyl (C=O) groups excluding carboxylic acids is 2. The van der Waals surface area contributed by atoms with Gasteiger partial charge >= 0.3 is 0 Å². The van der Waals surface area contributed by atoms with E-state index < -0.39 is 18.1 Å². The van der Waals surface area contributed by atoms with Gasteiger partial charge in [-0.15, -0.1) is 0 Å². The second-order valence-electron chi connectivity index (χ2n) is 4.42. The molecule has 0 fully saturated rings. The average molecular weight is 282 g/mol. The highest BCUT2D eigenvalue weighted by Crippen LogP contribution is 2.24. The minimum Gasteiger partial charge on any atom is -0.507 e. The van der Waals surface area contributed by atoms with Gasteiger partial charge in [0.25, 0.3) is 5.91 Å². The molecule has 20 heavy (non-hydrogen) atoms. The van der Waals surface area contributed by atoms with Gasteiger partial charge in [0.1, 0.15) is 11.9 Å². The van der Waals surface area contributed by atoms with Crippen molar-refractivity contribution in [3.8, 4) is 5.75 Å². The van der Waals surface area contributed by atoms with Gasteiger partial charge < -0.3 is 26.4 Å². The molecule has 2 unspecified atom stereocenters. The van der Waals surface area contributed by atoms with Crippen molar-refractivity contribution in [1.82, 2.24) is 5.32 Å². The standard InChI is InChI=1S/C13H18N2O5/c1-7(16)15-5-4-11(18)12(19)8-2-3-10(17)9(6-8)13(14)20/h2-3,6,11-12,17-19H,4-5H2,1H3,(H2,14,20)(H,15,16). The van der Waals surface area contributed by atoms with Crippen LogP contribution in [0.25, 0.3) is 0 Å². The normalized spacial score (nSPS) is 13.6. The molecule has 2 atom stereocenters. The zero-order valence-corrected chi connectivity index (χ0v) is 11.0. The van der Waals surface area contributed by atoms with Crippen LogP contribution in [0.3, 0.4) is 0 Å². The van der Waals surface area contributed by atoms with Crippen LogP contribution >= 0.6 is 0 Å². The van der Waals surface area contributed by atoms with Crippen LogP contribution in [0.1, 0.15) is 35.4 Å². The highest BCUT2D eigenvalue weighted by Gasteiger charge is 2.20. The molecule has 0 aliphatic carbocycles. The van der Waals surface area contributed by atoms with Gasteiger partial charge in [-0.1, -0.05) is 6.07 Å². The Morgan fingerprint density at radius 3 is 2.55 bits per heavy atom. The Balaban J connectivity index is 2.76. The SMILES string of the molecule is CC(=O)NCCC(O)C(O)c1ccc(O)c(C(N)=O)c1. The van der Waals surface area contributed by atoms with Crippen molar-refractivity contribution in [3.05, 3.63) is 29.3 Å². The zero-order chi connectivity index (χ0) is 15.3. The third kappa shape index (κ3) is 4.22. The number of aliphatic hydroxyl groups excluding tert-OH is 2. The largest absolute Gasteiger partial charge is 0.507 e. The van der Waals surface area contributed by atoms with Crippen LogP contribution in [0.15, 0.2) is 18.2 Å². The molecule has 1 aromatic rings. The first-order valence-corrected chi connectivity index (χ1v) is 6.06. The van der Waals surface area contributed by atoms with E-state index in [0.29, 0.717) is 0 Å². The molecule has 110 valence electrons. The fraction of sp³-hybridized carbons (Fsp3) is 0.385. The summed E-state index contributed by atoms with van der Waals surface area (Å²) in [6, 6.07) is 3.83. The third-order valence-corrected chi connectivity index (χ3v) is 2.81. The summed E-state index contributed by atoms with van der Waals surface area (Å²) in [4.78, 5) is 21.8. The number of phenols is 1. The molecule has 1 rings (SSSR count). The molecule has 7 nitrogen and oxygen atoms in total. The van der Waals surface area contributed by atoms with Crippen LogP contribution < -0.4 is 11.1 Å². The van der Waals surface area contributed by atoms with Crippen LogP contribution in [-0.4, -0.2) is 39.8 Å². The Morgan fingerprint density at radius 1 is 1.35 bits per heavy atom. The van der Waals surface area contributed by atoms with E-state index in [0.717, 1.165) is 0 Å². The number of rotatable bonds is 6. The molecule has 0 spiro atoms. The van der Waals surface area contributed by atoms with Crippen LogP contribution in [0.2, 0.25) is 0 Å². The number of hydrogen-bond donors (Lipinski definition) is 5. The lowest BCUT2D eigenvalue weighted by Crippen LogP contribution is -2.27. The van der Waals surface area contributed by atoms with Gasteiger partial charge in [-0.25, -0.2) is 0 Å². The van der Waals surface area contributed by atoms with Crippen LogP contribution in [0, 0.1) is 0 Å². The van der Waals surface area contributed by atoms with Gasteiger partial charge in [0, 0.05) is 13.5 Å². The smallest absolute Gasteiger partial charge is 0.252 e. The van der Waals surface area contributed by atoms with Crippen molar-refractivity contribution >= 4 is 11.8 Å². The van der Waals surface area contributed by atoms with Crippen molar-refractivity contribution in [2.24, 2.45) is 5.73 Å². The van der Waals surface area contributed by atoms with E-state index in [1.165, 1.54) is 25.1 Å². The Bertz CT molecular complexity index is 504. The summed E-state index contributed by atoms with van der Waals surface area (Å²) in [6.07, 6.45) is -2.22. The summed E-state index contributed by atoms with van der Waals surface area (Å²) < 4.78 is 0. The molecular weight excluding hydrogens is 264 g/mol. The number of aliphatic hydroxyl groups is 2. The van der Waals surface area contributed by atoms with Crippen molar-refractivity contribution in [2.75, 3.05) is 6.54 Å². The van der Waals surface area contributed by atoms with Crippen molar-refractivity contribution in [3.63, 3.8) is 0 Å². The Labute approximate surface area is 116 Å². The first kappa shape index (κ1) is 15.9. The van der Waals surface area contributed by atoms with E-state index in [-0.39, 0.29) is 35.7 Å². The van der Waals surface area contributed by atoms with Crippen molar-refractivity contribution in [2.45, 2.75) is 25.6 Å². The number of hydrogen-bond acceptors (Lipinski definition) is 5. The molecule has 1 aromatic carbocycles. The molecule has 0 aliphatic rings. The minimum atomic E-state index is -1.25. The van der Waals surface area contributed by atoms with E-state index in [9.17, 15) is 24.9 Å². The van der Waals surface area contributed by atoms with Crippen LogP contribution in [-0.2, 0) is 4.79 Å². The lowest BCUT2D eigenvalue weighted by molar-refractivity contribution is -0.119. The number of benzene rings is 1. The monoisotopic (exact) mass is 282 g/mol. The second kappa shape index (κ2) is 6.88. The molecule has 7 heteroatoms. The highest BCUT2D eigenvalue weighted by atomic mass is 16.3. The number of aromatic hydroxyl groups is 1. The predicted molar refractivity (Wildman–Crippen MR) is 70.9 cm³/mol. The predicted octanol–water partition coefficient (Wildman–Crippen LogP) is -0.588. The maximum atomic E-state index is 11.1. The number of primary amides is 1. The Morgan fingerprint density at radius 2 is 2.00 bits per heavy atom. The van der Waals surface area contributed by atoms with Gasteiger partial charge in [0.15, 0.2) is 0 Å². The minimum absolute atomic E-state index is 0.129. The molecule has 0 aliphatic heterocycles. The third-order valence-electron chi connectivity index (χ3n) is 2.81. The molecule has 0 saturated carbocycles. The number of carbonyl (C=O) groups is 2. The molecule has 0 radical (unpaired) electrons. The van der Waals surface area contributed by atoms with Crippen LogP contribution in [0.5, 0.6) is 5.75 Å². The van der Waals surface area contributed by atoms with E-state index in [2.05, 4.69) is 5.32 Å². The number of amides is 2. The maximum absolute atomic E-state index is 11.1. The fourth-order valence-electron chi connectivity index (χ4n) is 1.71. The second-order valence-corrected chi connectivity index (χ2v) is 4.42. The lowest BCUT2D eigenvalue weighted by Gasteiger charge is -2.19. The van der Waals surface area contributed by atoms with E-state index in [4.69, 9.17) is 5.73 Å². The van der Waals surface area contributed by atoms with Crippen LogP contribution in [0.4, 0.5) is 0 Å². The average Bonchev–Trinajstić information content (AvgIpc) is 2.37. The quantitative estimate of drug-likeness (QED) is 0.475. The van der Waals surface area contributed by atoms with Gasteiger partial charge in [-0.3, -0.25) is 9.59 Å². The topological polar surface area (TPSA) is 133 Å². The maximum Gasteiger partial charge on any atom is 0.252 e. The van der Waals surface area contributed by atoms with E-state index >= 15 is 0 Å². The number of nitrogens with two attached hydrogens (primary N) is 1. The first-order chi connectivity index (χ1) is 9.32. The van der Waals surface area contributed by atoms with E-state index in [1.807, 2.05) is 0 Å². The molecule has 0 bridgehead atoms. The molecule has 2 amide bonds. The molecule has 0 saturated heterocycles. The Kier molecular flexibility index (Phi) is 5.48. The van der Waals surface area contributed by atoms with E-state index in [1.54, 1.807) is 0 Å². The summed E-state index contributed by atoms with van der Waals surface area (Å²) in [5.74, 6) is -1.35. The number of nitrogens with one attached hydrogen (secondary N) is 1. The summed E-state index contributed by atoms with van der Waals surface area (Å²) in [5, 5.41) is 31.7. The summed E-state index contributed by atoms with van der Waals surface area (Å²) in [7, 11) is 0. The molecule has 0 aromatic heterocycles. The van der Waals surface area contributed by atoms with Gasteiger partial charge in [-0.2, -0.15) is 0 Å². The molecule has 0 heterocycles. The first-order valence-electron chi connectivity index (χ1n) is 6.06. The van der Waals surface area contributed by atoms with Gasteiger partial charge in [0.05, 0.1) is 11.7 Å². The van der Waals surface area contributed by atoms with Gasteiger partial charge in [-0.05, 0) is 24.1 Å². The summed E-state index contributed by atoms with van der Waals surface area (Å²) in [6.45, 7) is 1.57. The van der Waals surface area contributed by atoms with Crippen molar-refractivity contribution < 1.29 is 24.9 Å². The zero-order valence-electron chi connectivity index (χ0n) is 11.0. The summed E-state index contributed by atoms with van der Waals surface area (Å²) >= 11 is 0. The van der Waals surface area contributed by atoms with Gasteiger partial charge in [0.2, 0.25) is 5.91 Å². The fourth-order valence-corrected chi connectivity index (χ4v) is 1.71. The highest BCUT2D eigenvalue weighted by molar-refractivity contribution is 5.95. The Hall–Kier alpha value is -2.12.